The highest BCUT2D eigenvalue weighted by molar-refractivity contribution is 6.36. The summed E-state index contributed by atoms with van der Waals surface area (Å²) in [5.41, 5.74) is 22.9. The van der Waals surface area contributed by atoms with Crippen molar-refractivity contribution in [1.82, 2.24) is 0 Å². The van der Waals surface area contributed by atoms with E-state index in [9.17, 15) is 0 Å². The molecule has 0 radical (unpaired) electrons. The summed E-state index contributed by atoms with van der Waals surface area (Å²) >= 11 is 0. The summed E-state index contributed by atoms with van der Waals surface area (Å²) in [6, 6.07) is 52.8. The average molecular weight is 817 g/mol. The van der Waals surface area contributed by atoms with Crippen LogP contribution < -0.4 is 0 Å². The van der Waals surface area contributed by atoms with Crippen LogP contribution in [0.3, 0.4) is 0 Å². The van der Waals surface area contributed by atoms with Gasteiger partial charge in [-0.3, -0.25) is 0 Å². The van der Waals surface area contributed by atoms with E-state index in [1.807, 2.05) is 0 Å². The first-order chi connectivity index (χ1) is 28.8. The van der Waals surface area contributed by atoms with Gasteiger partial charge in [0.05, 0.1) is 0 Å². The third kappa shape index (κ3) is 8.24. The Morgan fingerprint density at radius 2 is 0.689 bits per heavy atom. The number of fused-ring (bicyclic) bond motifs is 2. The molecule has 0 amide bonds. The lowest BCUT2D eigenvalue weighted by molar-refractivity contribution is 0.475. The number of hydrogen-bond donors (Lipinski definition) is 0. The molecule has 1 heteroatoms. The van der Waals surface area contributed by atoms with Gasteiger partial charge in [-0.2, -0.15) is 0 Å². The second kappa shape index (κ2) is 16.0. The molecule has 0 spiro atoms. The first-order valence-corrected chi connectivity index (χ1v) is 24.9. The molecule has 2 atom stereocenters. The summed E-state index contributed by atoms with van der Waals surface area (Å²) in [6.45, 7) is 28.9. The molecule has 6 aromatic carbocycles. The van der Waals surface area contributed by atoms with Crippen LogP contribution in [0.4, 0.5) is 0 Å². The monoisotopic (exact) mass is 817 g/mol. The maximum Gasteiger partial charge on any atom is 0.0218 e. The largest absolute Gasteiger partial charge is 0.0622 e. The second-order valence-corrected chi connectivity index (χ2v) is 23.9. The van der Waals surface area contributed by atoms with E-state index in [4.69, 9.17) is 0 Å². The molecule has 61 heavy (non-hydrogen) atoms. The lowest BCUT2D eigenvalue weighted by Crippen LogP contribution is -2.18. The van der Waals surface area contributed by atoms with Crippen LogP contribution in [0.1, 0.15) is 128 Å². The Bertz CT molecular complexity index is 2440. The van der Waals surface area contributed by atoms with Crippen molar-refractivity contribution in [3.05, 3.63) is 178 Å². The van der Waals surface area contributed by atoms with Crippen molar-refractivity contribution >= 4 is 21.7 Å². The van der Waals surface area contributed by atoms with E-state index in [1.54, 1.807) is 11.1 Å². The van der Waals surface area contributed by atoms with E-state index in [0.717, 1.165) is 0 Å². The number of allylic oxidation sites excluding steroid dienone is 2. The van der Waals surface area contributed by atoms with Crippen LogP contribution in [0.25, 0.3) is 56.7 Å². The fraction of sp³-hybridized carbons (Fsp3) is 0.333. The van der Waals surface area contributed by atoms with Crippen LogP contribution in [-0.2, 0) is 10.8 Å². The zero-order chi connectivity index (χ0) is 43.5. The third-order valence-electron chi connectivity index (χ3n) is 13.6. The van der Waals surface area contributed by atoms with Gasteiger partial charge in [0.25, 0.3) is 0 Å². The highest BCUT2D eigenvalue weighted by Gasteiger charge is 2.38. The van der Waals surface area contributed by atoms with Gasteiger partial charge in [0.2, 0.25) is 0 Å². The second-order valence-electron chi connectivity index (χ2n) is 22.0. The Hall–Kier alpha value is -4.98. The Kier molecular flexibility index (Phi) is 11.2. The minimum absolute atomic E-state index is 0.00436. The first kappa shape index (κ1) is 42.7. The fourth-order valence-corrected chi connectivity index (χ4v) is 12.9. The molecule has 2 aliphatic carbocycles. The van der Waals surface area contributed by atoms with Gasteiger partial charge in [-0.15, -0.1) is 0 Å². The number of rotatable bonds is 8. The average Bonchev–Trinajstić information content (AvgIpc) is 3.80. The zero-order valence-corrected chi connectivity index (χ0v) is 40.5. The van der Waals surface area contributed by atoms with Gasteiger partial charge in [0.15, 0.2) is 0 Å². The summed E-state index contributed by atoms with van der Waals surface area (Å²) in [6.07, 6.45) is 5.27. The lowest BCUT2D eigenvalue weighted by atomic mass is 9.77. The maximum atomic E-state index is 2.64. The molecule has 312 valence electrons. The van der Waals surface area contributed by atoms with E-state index in [0.29, 0.717) is 11.8 Å². The van der Waals surface area contributed by atoms with Crippen molar-refractivity contribution in [3.8, 4) is 44.5 Å². The van der Waals surface area contributed by atoms with Crippen LogP contribution >= 0.6 is 0 Å². The molecule has 0 aliphatic heterocycles. The molecule has 6 aromatic rings. The molecule has 0 aromatic heterocycles. The zero-order valence-electron chi connectivity index (χ0n) is 39.1. The summed E-state index contributed by atoms with van der Waals surface area (Å²) in [7, 11) is -0.511. The molecular formula is C60H68Si. The van der Waals surface area contributed by atoms with Crippen molar-refractivity contribution in [1.29, 1.82) is 0 Å². The summed E-state index contributed by atoms with van der Waals surface area (Å²) in [4.78, 5) is 0. The minimum Gasteiger partial charge on any atom is -0.0622 e. The summed E-state index contributed by atoms with van der Waals surface area (Å²) in [5, 5.41) is 0. The van der Waals surface area contributed by atoms with E-state index in [1.165, 1.54) is 90.0 Å². The molecule has 0 heterocycles. The molecule has 0 nitrogen and oxygen atoms in total. The maximum absolute atomic E-state index is 2.64. The Labute approximate surface area is 371 Å². The van der Waals surface area contributed by atoms with Gasteiger partial charge in [0.1, 0.15) is 0 Å². The predicted octanol–water partition coefficient (Wildman–Crippen LogP) is 16.7. The van der Waals surface area contributed by atoms with Crippen LogP contribution in [0, 0.1) is 10.8 Å². The Morgan fingerprint density at radius 3 is 1.02 bits per heavy atom. The van der Waals surface area contributed by atoms with Crippen molar-refractivity contribution in [2.24, 2.45) is 10.8 Å². The van der Waals surface area contributed by atoms with Crippen molar-refractivity contribution < 1.29 is 0 Å². The predicted molar refractivity (Wildman–Crippen MR) is 271 cm³/mol. The molecule has 8 rings (SSSR count). The van der Waals surface area contributed by atoms with Crippen LogP contribution in [0.15, 0.2) is 145 Å². The number of benzene rings is 6. The van der Waals surface area contributed by atoms with Gasteiger partial charge in [-0.1, -0.05) is 252 Å². The molecule has 0 bridgehead atoms. The minimum atomic E-state index is -0.511. The topological polar surface area (TPSA) is 0 Å². The molecule has 0 N–H and O–H groups in total. The molecule has 0 fully saturated rings. The molecule has 0 saturated heterocycles. The summed E-state index contributed by atoms with van der Waals surface area (Å²) < 4.78 is 0. The Morgan fingerprint density at radius 1 is 0.361 bits per heavy atom. The standard InChI is InChI=1S/C60H68Si/c1-57(2,3)51-33-31-43-47(55(51)45-29-21-19-27-41(45)39-23-15-13-16-24-39)35-53(59(7,8)9)49(43)37-61-38-50-44-32-34-52(58(4,5)6)56(48(44)36-54(50)60(10,11)12)46-30-22-20-28-42(46)40-25-17-14-18-26-40/h13-36,49-50H,37-38,61H2,1-12H3. The van der Waals surface area contributed by atoms with E-state index < -0.39 is 9.52 Å². The fourth-order valence-electron chi connectivity index (χ4n) is 10.6. The highest BCUT2D eigenvalue weighted by atomic mass is 28.2. The molecule has 0 saturated carbocycles. The SMILES string of the molecule is CC(C)(C)C1=Cc2c(ccc(C(C)(C)C)c2-c2ccccc2-c2ccccc2)C1C[SiH2]CC1C(C(C)(C)C)=Cc2c1ccc(C(C)(C)C)c2-c1ccccc1-c1ccccc1. The summed E-state index contributed by atoms with van der Waals surface area (Å²) in [5.74, 6) is 0.885. The normalized spacial score (nSPS) is 16.8. The quantitative estimate of drug-likeness (QED) is 0.134. The van der Waals surface area contributed by atoms with Crippen LogP contribution in [-0.4, -0.2) is 9.52 Å². The van der Waals surface area contributed by atoms with E-state index >= 15 is 0 Å². The van der Waals surface area contributed by atoms with Gasteiger partial charge in [-0.05, 0) is 99.5 Å². The number of hydrogen-bond acceptors (Lipinski definition) is 0. The molecular weight excluding hydrogens is 749 g/mol. The van der Waals surface area contributed by atoms with Crippen LogP contribution in [0.2, 0.25) is 12.1 Å². The van der Waals surface area contributed by atoms with Crippen molar-refractivity contribution in [3.63, 3.8) is 0 Å². The lowest BCUT2D eigenvalue weighted by Gasteiger charge is -2.31. The smallest absolute Gasteiger partial charge is 0.0218 e. The first-order valence-electron chi connectivity index (χ1n) is 22.9. The van der Waals surface area contributed by atoms with Crippen molar-refractivity contribution in [2.75, 3.05) is 0 Å². The van der Waals surface area contributed by atoms with Crippen LogP contribution in [0.5, 0.6) is 0 Å². The van der Waals surface area contributed by atoms with E-state index in [2.05, 4.69) is 229 Å². The van der Waals surface area contributed by atoms with Gasteiger partial charge >= 0.3 is 0 Å². The van der Waals surface area contributed by atoms with Gasteiger partial charge < -0.3 is 0 Å². The third-order valence-corrected chi connectivity index (χ3v) is 15.5. The van der Waals surface area contributed by atoms with Gasteiger partial charge in [0, 0.05) is 21.4 Å². The van der Waals surface area contributed by atoms with Gasteiger partial charge in [-0.25, -0.2) is 0 Å². The Balaban J connectivity index is 1.21. The molecule has 2 unspecified atom stereocenters. The highest BCUT2D eigenvalue weighted by Crippen LogP contribution is 2.55. The molecule has 2 aliphatic rings. The van der Waals surface area contributed by atoms with Crippen molar-refractivity contribution in [2.45, 2.75) is 118 Å². The van der Waals surface area contributed by atoms with E-state index in [-0.39, 0.29) is 21.7 Å².